The number of anilines is 2. The molecule has 2 amide bonds. The molecule has 8 heteroatoms. The molecule has 1 unspecified atom stereocenters. The van der Waals surface area contributed by atoms with E-state index in [0.29, 0.717) is 25.5 Å². The van der Waals surface area contributed by atoms with Gasteiger partial charge in [0, 0.05) is 51.2 Å². The third-order valence-electron chi connectivity index (χ3n) is 6.12. The van der Waals surface area contributed by atoms with Crippen LogP contribution in [0.25, 0.3) is 0 Å². The van der Waals surface area contributed by atoms with Crippen LogP contribution < -0.4 is 9.80 Å². The molecule has 1 aromatic carbocycles. The SMILES string of the molecule is Cc1ccc(N2CC(C(=O)N(C)C3CN(c4nccnc4C#N)C3)CC2=O)cc1C. The number of amides is 2. The van der Waals surface area contributed by atoms with E-state index in [9.17, 15) is 14.9 Å². The molecule has 0 spiro atoms. The standard InChI is InChI=1S/C22H24N6O2/c1-14-4-5-17(8-15(14)2)28-11-16(9-20(28)29)22(30)26(3)18-12-27(13-18)21-19(10-23)24-6-7-25-21/h4-8,16,18H,9,11-13H2,1-3H3. The molecule has 0 saturated carbocycles. The van der Waals surface area contributed by atoms with Gasteiger partial charge in [-0.3, -0.25) is 9.59 Å². The van der Waals surface area contributed by atoms with Gasteiger partial charge in [0.1, 0.15) is 6.07 Å². The Kier molecular flexibility index (Phi) is 5.12. The van der Waals surface area contributed by atoms with E-state index in [1.807, 2.05) is 36.9 Å². The van der Waals surface area contributed by atoms with Gasteiger partial charge in [0.25, 0.3) is 0 Å². The molecule has 2 saturated heterocycles. The molecule has 2 aliphatic heterocycles. The van der Waals surface area contributed by atoms with E-state index in [4.69, 9.17) is 0 Å². The van der Waals surface area contributed by atoms with E-state index >= 15 is 0 Å². The van der Waals surface area contributed by atoms with Crippen LogP contribution in [0.1, 0.15) is 23.2 Å². The van der Waals surface area contributed by atoms with Gasteiger partial charge < -0.3 is 14.7 Å². The summed E-state index contributed by atoms with van der Waals surface area (Å²) < 4.78 is 0. The lowest BCUT2D eigenvalue weighted by molar-refractivity contribution is -0.137. The molecule has 4 rings (SSSR count). The Morgan fingerprint density at radius 3 is 2.60 bits per heavy atom. The number of aromatic nitrogens is 2. The first-order valence-corrected chi connectivity index (χ1v) is 9.99. The van der Waals surface area contributed by atoms with Crippen LogP contribution in [0.5, 0.6) is 0 Å². The molecule has 0 N–H and O–H groups in total. The fourth-order valence-corrected chi connectivity index (χ4v) is 4.00. The maximum absolute atomic E-state index is 13.0. The fourth-order valence-electron chi connectivity index (χ4n) is 4.00. The molecule has 30 heavy (non-hydrogen) atoms. The van der Waals surface area contributed by atoms with Crippen LogP contribution in [0.2, 0.25) is 0 Å². The Bertz CT molecular complexity index is 1040. The Morgan fingerprint density at radius 1 is 1.17 bits per heavy atom. The first-order valence-electron chi connectivity index (χ1n) is 9.99. The van der Waals surface area contributed by atoms with Crippen LogP contribution in [-0.4, -0.2) is 59.4 Å². The van der Waals surface area contributed by atoms with Crippen LogP contribution >= 0.6 is 0 Å². The van der Waals surface area contributed by atoms with Crippen molar-refractivity contribution in [2.45, 2.75) is 26.3 Å². The summed E-state index contributed by atoms with van der Waals surface area (Å²) >= 11 is 0. The van der Waals surface area contributed by atoms with E-state index in [1.165, 1.54) is 11.8 Å². The molecular weight excluding hydrogens is 380 g/mol. The van der Waals surface area contributed by atoms with Gasteiger partial charge in [0.05, 0.1) is 12.0 Å². The number of hydrogen-bond acceptors (Lipinski definition) is 6. The van der Waals surface area contributed by atoms with Gasteiger partial charge in [0.15, 0.2) is 11.5 Å². The van der Waals surface area contributed by atoms with E-state index in [-0.39, 0.29) is 35.9 Å². The number of nitrogens with zero attached hydrogens (tertiary/aromatic N) is 6. The monoisotopic (exact) mass is 404 g/mol. The molecule has 0 aliphatic carbocycles. The Hall–Kier alpha value is -3.47. The molecule has 154 valence electrons. The number of hydrogen-bond donors (Lipinski definition) is 0. The van der Waals surface area contributed by atoms with Crippen molar-refractivity contribution in [2.75, 3.05) is 36.5 Å². The third-order valence-corrected chi connectivity index (χ3v) is 6.12. The summed E-state index contributed by atoms with van der Waals surface area (Å²) in [4.78, 5) is 39.3. The largest absolute Gasteiger partial charge is 0.350 e. The van der Waals surface area contributed by atoms with Crippen molar-refractivity contribution in [1.29, 1.82) is 5.26 Å². The molecule has 0 bridgehead atoms. The van der Waals surface area contributed by atoms with E-state index in [2.05, 4.69) is 16.0 Å². The van der Waals surface area contributed by atoms with Gasteiger partial charge in [-0.1, -0.05) is 6.07 Å². The Balaban J connectivity index is 1.39. The van der Waals surface area contributed by atoms with Crippen molar-refractivity contribution in [3.05, 3.63) is 47.4 Å². The zero-order chi connectivity index (χ0) is 21.4. The summed E-state index contributed by atoms with van der Waals surface area (Å²) in [6, 6.07) is 8.02. The van der Waals surface area contributed by atoms with Gasteiger partial charge in [-0.25, -0.2) is 9.97 Å². The van der Waals surface area contributed by atoms with Gasteiger partial charge in [-0.05, 0) is 37.1 Å². The zero-order valence-electron chi connectivity index (χ0n) is 17.4. The van der Waals surface area contributed by atoms with Gasteiger partial charge in [-0.2, -0.15) is 5.26 Å². The van der Waals surface area contributed by atoms with E-state index in [0.717, 1.165) is 11.3 Å². The Labute approximate surface area is 175 Å². The van der Waals surface area contributed by atoms with Crippen LogP contribution in [0.15, 0.2) is 30.6 Å². The number of benzene rings is 1. The minimum absolute atomic E-state index is 0.0148. The lowest BCUT2D eigenvalue weighted by Gasteiger charge is -2.45. The average Bonchev–Trinajstić information content (AvgIpc) is 3.10. The summed E-state index contributed by atoms with van der Waals surface area (Å²) in [5.41, 5.74) is 3.44. The molecular formula is C22H24N6O2. The predicted molar refractivity (Wildman–Crippen MR) is 112 cm³/mol. The molecule has 0 radical (unpaired) electrons. The van der Waals surface area contributed by atoms with Crippen molar-refractivity contribution in [2.24, 2.45) is 5.92 Å². The smallest absolute Gasteiger partial charge is 0.228 e. The van der Waals surface area contributed by atoms with Crippen LogP contribution in [0.3, 0.4) is 0 Å². The zero-order valence-corrected chi connectivity index (χ0v) is 17.4. The summed E-state index contributed by atoms with van der Waals surface area (Å²) in [6.45, 7) is 5.65. The highest BCUT2D eigenvalue weighted by Gasteiger charge is 2.41. The van der Waals surface area contributed by atoms with E-state index < -0.39 is 0 Å². The highest BCUT2D eigenvalue weighted by molar-refractivity contribution is 6.00. The number of aryl methyl sites for hydroxylation is 2. The Morgan fingerprint density at radius 2 is 1.90 bits per heavy atom. The third kappa shape index (κ3) is 3.47. The van der Waals surface area contributed by atoms with Crippen molar-refractivity contribution < 1.29 is 9.59 Å². The molecule has 2 aromatic rings. The molecule has 2 fully saturated rings. The number of carbonyl (C=O) groups is 2. The van der Waals surface area contributed by atoms with Gasteiger partial charge in [0.2, 0.25) is 11.8 Å². The van der Waals surface area contributed by atoms with Crippen molar-refractivity contribution in [3.8, 4) is 6.07 Å². The number of rotatable bonds is 4. The lowest BCUT2D eigenvalue weighted by Crippen LogP contribution is -2.61. The van der Waals surface area contributed by atoms with E-state index in [1.54, 1.807) is 23.0 Å². The second kappa shape index (κ2) is 7.75. The predicted octanol–water partition coefficient (Wildman–Crippen LogP) is 1.67. The van der Waals surface area contributed by atoms with Crippen molar-refractivity contribution in [3.63, 3.8) is 0 Å². The number of likely N-dealkylation sites (N-methyl/N-ethyl adjacent to an activating group) is 1. The summed E-state index contributed by atoms with van der Waals surface area (Å²) in [6.07, 6.45) is 3.28. The van der Waals surface area contributed by atoms with Crippen molar-refractivity contribution >= 4 is 23.3 Å². The van der Waals surface area contributed by atoms with Crippen LogP contribution in [-0.2, 0) is 9.59 Å². The number of nitriles is 1. The lowest BCUT2D eigenvalue weighted by atomic mass is 10.0. The average molecular weight is 404 g/mol. The van der Waals surface area contributed by atoms with Gasteiger partial charge in [-0.15, -0.1) is 0 Å². The molecule has 1 aromatic heterocycles. The summed E-state index contributed by atoms with van der Waals surface area (Å²) in [7, 11) is 1.79. The maximum Gasteiger partial charge on any atom is 0.228 e. The van der Waals surface area contributed by atoms with Crippen LogP contribution in [0, 0.1) is 31.1 Å². The van der Waals surface area contributed by atoms with Crippen LogP contribution in [0.4, 0.5) is 11.5 Å². The topological polar surface area (TPSA) is 93.4 Å². The minimum atomic E-state index is -0.343. The second-order valence-electron chi connectivity index (χ2n) is 8.02. The normalized spacial score (nSPS) is 18.9. The second-order valence-corrected chi connectivity index (χ2v) is 8.02. The summed E-state index contributed by atoms with van der Waals surface area (Å²) in [5, 5.41) is 9.19. The number of carbonyl (C=O) groups excluding carboxylic acids is 2. The maximum atomic E-state index is 13.0. The molecule has 8 nitrogen and oxygen atoms in total. The molecule has 1 atom stereocenters. The molecule has 3 heterocycles. The van der Waals surface area contributed by atoms with Crippen molar-refractivity contribution in [1.82, 2.24) is 14.9 Å². The first kappa shape index (κ1) is 19.8. The quantitative estimate of drug-likeness (QED) is 0.769. The highest BCUT2D eigenvalue weighted by atomic mass is 16.2. The highest BCUT2D eigenvalue weighted by Crippen LogP contribution is 2.29. The summed E-state index contributed by atoms with van der Waals surface area (Å²) in [5.74, 6) is 0.177. The fraction of sp³-hybridized carbons (Fsp3) is 0.409. The molecule has 2 aliphatic rings. The first-order chi connectivity index (χ1) is 14.4. The minimum Gasteiger partial charge on any atom is -0.350 e. The van der Waals surface area contributed by atoms with Gasteiger partial charge >= 0.3 is 0 Å².